The van der Waals surface area contributed by atoms with Gasteiger partial charge in [-0.05, 0) is 31.5 Å². The molecule has 6 heteroatoms. The molecule has 0 bridgehead atoms. The van der Waals surface area contributed by atoms with Crippen LogP contribution in [0.15, 0.2) is 24.3 Å². The highest BCUT2D eigenvalue weighted by molar-refractivity contribution is 7.88. The van der Waals surface area contributed by atoms with E-state index in [2.05, 4.69) is 0 Å². The molecule has 19 heavy (non-hydrogen) atoms. The molecule has 0 N–H and O–H groups in total. The van der Waals surface area contributed by atoms with E-state index >= 15 is 0 Å². The van der Waals surface area contributed by atoms with Gasteiger partial charge in [-0.3, -0.25) is 0 Å². The number of rotatable bonds is 2. The summed E-state index contributed by atoms with van der Waals surface area (Å²) in [6.45, 7) is 4.40. The zero-order valence-corrected chi connectivity index (χ0v) is 12.8. The summed E-state index contributed by atoms with van der Waals surface area (Å²) in [6.07, 6.45) is 0.955. The Labute approximate surface area is 119 Å². The Balaban J connectivity index is 2.28. The van der Waals surface area contributed by atoms with Gasteiger partial charge in [-0.2, -0.15) is 4.31 Å². The number of halogens is 1. The Bertz CT molecular complexity index is 571. The van der Waals surface area contributed by atoms with Crippen LogP contribution < -0.4 is 0 Å². The van der Waals surface area contributed by atoms with Crippen LogP contribution in [0.3, 0.4) is 0 Å². The molecule has 1 aromatic rings. The van der Waals surface area contributed by atoms with Gasteiger partial charge < -0.3 is 4.74 Å². The van der Waals surface area contributed by atoms with Crippen LogP contribution in [0.2, 0.25) is 5.02 Å². The molecule has 0 amide bonds. The molecule has 0 aromatic heterocycles. The van der Waals surface area contributed by atoms with Crippen LogP contribution >= 0.6 is 11.6 Å². The quantitative estimate of drug-likeness (QED) is 0.843. The third kappa shape index (κ3) is 3.28. The molecule has 1 aliphatic heterocycles. The first-order valence-corrected chi connectivity index (χ1v) is 8.28. The smallest absolute Gasteiger partial charge is 0.211 e. The van der Waals surface area contributed by atoms with E-state index in [4.69, 9.17) is 16.3 Å². The SMILES string of the molecule is CC1(C)COC(c2cccc(Cl)c2)CN1S(C)(=O)=O. The lowest BCUT2D eigenvalue weighted by atomic mass is 10.0. The molecule has 1 atom stereocenters. The van der Waals surface area contributed by atoms with Crippen molar-refractivity contribution in [1.82, 2.24) is 4.31 Å². The van der Waals surface area contributed by atoms with Gasteiger partial charge in [-0.25, -0.2) is 8.42 Å². The van der Waals surface area contributed by atoms with E-state index in [0.717, 1.165) is 5.56 Å². The predicted octanol–water partition coefficient (Wildman–Crippen LogP) is 2.45. The van der Waals surface area contributed by atoms with E-state index in [1.807, 2.05) is 32.0 Å². The minimum atomic E-state index is -3.26. The van der Waals surface area contributed by atoms with Crippen molar-refractivity contribution in [2.24, 2.45) is 0 Å². The molecule has 1 unspecified atom stereocenters. The summed E-state index contributed by atoms with van der Waals surface area (Å²) in [7, 11) is -3.26. The van der Waals surface area contributed by atoms with Crippen LogP contribution in [0.25, 0.3) is 0 Å². The maximum absolute atomic E-state index is 11.9. The third-order valence-corrected chi connectivity index (χ3v) is 4.94. The highest BCUT2D eigenvalue weighted by atomic mass is 35.5. The molecule has 0 saturated carbocycles. The monoisotopic (exact) mass is 303 g/mol. The van der Waals surface area contributed by atoms with E-state index in [0.29, 0.717) is 18.2 Å². The second-order valence-corrected chi connectivity index (χ2v) is 7.80. The van der Waals surface area contributed by atoms with Crippen molar-refractivity contribution in [2.75, 3.05) is 19.4 Å². The summed E-state index contributed by atoms with van der Waals surface area (Å²) in [5.41, 5.74) is 0.375. The number of ether oxygens (including phenoxy) is 1. The standard InChI is InChI=1S/C13H18ClNO3S/c1-13(2)9-18-12(8-15(13)19(3,16)17)10-5-4-6-11(14)7-10/h4-7,12H,8-9H2,1-3H3. The summed E-state index contributed by atoms with van der Waals surface area (Å²) >= 11 is 5.96. The van der Waals surface area contributed by atoms with Crippen LogP contribution in [0.5, 0.6) is 0 Å². The number of sulfonamides is 1. The predicted molar refractivity (Wildman–Crippen MR) is 75.8 cm³/mol. The van der Waals surface area contributed by atoms with Crippen molar-refractivity contribution in [3.63, 3.8) is 0 Å². The van der Waals surface area contributed by atoms with E-state index in [9.17, 15) is 8.42 Å². The molecule has 0 spiro atoms. The first-order chi connectivity index (χ1) is 8.70. The molecule has 1 saturated heterocycles. The molecular weight excluding hydrogens is 286 g/mol. The average Bonchev–Trinajstić information content (AvgIpc) is 2.26. The van der Waals surface area contributed by atoms with Crippen molar-refractivity contribution in [2.45, 2.75) is 25.5 Å². The fraction of sp³-hybridized carbons (Fsp3) is 0.538. The Morgan fingerprint density at radius 1 is 1.42 bits per heavy atom. The van der Waals surface area contributed by atoms with E-state index in [-0.39, 0.29) is 6.10 Å². The molecular formula is C13H18ClNO3S. The van der Waals surface area contributed by atoms with Gasteiger partial charge in [0, 0.05) is 11.6 Å². The van der Waals surface area contributed by atoms with Crippen molar-refractivity contribution in [3.8, 4) is 0 Å². The average molecular weight is 304 g/mol. The van der Waals surface area contributed by atoms with Gasteiger partial charge in [-0.1, -0.05) is 23.7 Å². The molecule has 106 valence electrons. The van der Waals surface area contributed by atoms with Gasteiger partial charge in [-0.15, -0.1) is 0 Å². The second kappa shape index (κ2) is 5.05. The maximum Gasteiger partial charge on any atom is 0.211 e. The Morgan fingerprint density at radius 2 is 2.11 bits per heavy atom. The molecule has 1 aliphatic rings. The van der Waals surface area contributed by atoms with Crippen LogP contribution in [-0.2, 0) is 14.8 Å². The first kappa shape index (κ1) is 14.8. The van der Waals surface area contributed by atoms with Gasteiger partial charge in [0.25, 0.3) is 0 Å². The lowest BCUT2D eigenvalue weighted by Crippen LogP contribution is -2.55. The van der Waals surface area contributed by atoms with Crippen molar-refractivity contribution in [1.29, 1.82) is 0 Å². The Kier molecular flexibility index (Phi) is 3.93. The summed E-state index contributed by atoms with van der Waals surface area (Å²) in [5, 5.41) is 0.622. The zero-order chi connectivity index (χ0) is 14.3. The van der Waals surface area contributed by atoms with Crippen molar-refractivity contribution < 1.29 is 13.2 Å². The highest BCUT2D eigenvalue weighted by Crippen LogP contribution is 2.32. The summed E-state index contributed by atoms with van der Waals surface area (Å²) in [6, 6.07) is 7.33. The number of benzene rings is 1. The maximum atomic E-state index is 11.9. The van der Waals surface area contributed by atoms with Crippen molar-refractivity contribution in [3.05, 3.63) is 34.9 Å². The number of hydrogen-bond acceptors (Lipinski definition) is 3. The molecule has 4 nitrogen and oxygen atoms in total. The molecule has 1 heterocycles. The fourth-order valence-corrected chi connectivity index (χ4v) is 3.88. The Morgan fingerprint density at radius 3 is 2.68 bits per heavy atom. The first-order valence-electron chi connectivity index (χ1n) is 6.05. The largest absolute Gasteiger partial charge is 0.370 e. The molecule has 1 fully saturated rings. The lowest BCUT2D eigenvalue weighted by Gasteiger charge is -2.43. The minimum absolute atomic E-state index is 0.276. The second-order valence-electron chi connectivity index (χ2n) is 5.46. The molecule has 2 rings (SSSR count). The van der Waals surface area contributed by atoms with Gasteiger partial charge in [0.05, 0.1) is 24.5 Å². The van der Waals surface area contributed by atoms with Crippen LogP contribution in [-0.4, -0.2) is 37.7 Å². The van der Waals surface area contributed by atoms with Crippen LogP contribution in [0.4, 0.5) is 0 Å². The van der Waals surface area contributed by atoms with Gasteiger partial charge in [0.1, 0.15) is 0 Å². The van der Waals surface area contributed by atoms with Gasteiger partial charge >= 0.3 is 0 Å². The molecule has 0 radical (unpaired) electrons. The van der Waals surface area contributed by atoms with E-state index in [1.165, 1.54) is 10.6 Å². The number of morpholine rings is 1. The summed E-state index contributed by atoms with van der Waals surface area (Å²) < 4.78 is 31.1. The highest BCUT2D eigenvalue weighted by Gasteiger charge is 2.40. The third-order valence-electron chi connectivity index (χ3n) is 3.27. The fourth-order valence-electron chi connectivity index (χ4n) is 2.32. The number of hydrogen-bond donors (Lipinski definition) is 0. The van der Waals surface area contributed by atoms with E-state index in [1.54, 1.807) is 6.07 Å². The van der Waals surface area contributed by atoms with Gasteiger partial charge in [0.15, 0.2) is 0 Å². The lowest BCUT2D eigenvalue weighted by molar-refractivity contribution is -0.0652. The normalized spacial score (nSPS) is 24.3. The van der Waals surface area contributed by atoms with Crippen LogP contribution in [0.1, 0.15) is 25.5 Å². The topological polar surface area (TPSA) is 46.6 Å². The zero-order valence-electron chi connectivity index (χ0n) is 11.3. The summed E-state index contributed by atoms with van der Waals surface area (Å²) in [5.74, 6) is 0. The van der Waals surface area contributed by atoms with Gasteiger partial charge in [0.2, 0.25) is 10.0 Å². The van der Waals surface area contributed by atoms with Crippen LogP contribution in [0, 0.1) is 0 Å². The molecule has 1 aromatic carbocycles. The summed E-state index contributed by atoms with van der Waals surface area (Å²) in [4.78, 5) is 0. The number of nitrogens with zero attached hydrogens (tertiary/aromatic N) is 1. The van der Waals surface area contributed by atoms with E-state index < -0.39 is 15.6 Å². The molecule has 0 aliphatic carbocycles. The Hall–Kier alpha value is -0.620. The van der Waals surface area contributed by atoms with Crippen molar-refractivity contribution >= 4 is 21.6 Å². The minimum Gasteiger partial charge on any atom is -0.370 e.